The standard InChI is InChI=1S/C16H15F2NO3S/c17-13-6-4-12(5-7-13)11-23(21,22)9-8-16(20)19-15-3-1-2-14(18)10-15/h1-7,10H,8-9,11H2,(H,19,20). The minimum Gasteiger partial charge on any atom is -0.326 e. The van der Waals surface area contributed by atoms with E-state index in [-0.39, 0.29) is 23.6 Å². The minimum atomic E-state index is -3.50. The Morgan fingerprint density at radius 1 is 1.00 bits per heavy atom. The Morgan fingerprint density at radius 2 is 1.70 bits per heavy atom. The third-order valence-electron chi connectivity index (χ3n) is 3.05. The summed E-state index contributed by atoms with van der Waals surface area (Å²) >= 11 is 0. The summed E-state index contributed by atoms with van der Waals surface area (Å²) in [5.74, 6) is -2.06. The number of nitrogens with one attached hydrogen (secondary N) is 1. The van der Waals surface area contributed by atoms with E-state index in [0.717, 1.165) is 6.07 Å². The van der Waals surface area contributed by atoms with E-state index in [2.05, 4.69) is 5.32 Å². The van der Waals surface area contributed by atoms with Crippen LogP contribution in [-0.4, -0.2) is 20.1 Å². The van der Waals surface area contributed by atoms with Crippen molar-refractivity contribution in [2.24, 2.45) is 0 Å². The molecule has 0 heterocycles. The lowest BCUT2D eigenvalue weighted by molar-refractivity contribution is -0.115. The Bertz CT molecular complexity index is 789. The van der Waals surface area contributed by atoms with Crippen molar-refractivity contribution in [3.05, 3.63) is 65.7 Å². The molecular weight excluding hydrogens is 324 g/mol. The van der Waals surface area contributed by atoms with Gasteiger partial charge in [-0.15, -0.1) is 0 Å². The second kappa shape index (κ2) is 7.32. The number of hydrogen-bond acceptors (Lipinski definition) is 3. The molecule has 0 aliphatic carbocycles. The summed E-state index contributed by atoms with van der Waals surface area (Å²) in [6, 6.07) is 10.5. The van der Waals surface area contributed by atoms with Crippen LogP contribution >= 0.6 is 0 Å². The number of sulfone groups is 1. The minimum absolute atomic E-state index is 0.236. The maximum Gasteiger partial charge on any atom is 0.225 e. The third kappa shape index (κ3) is 5.78. The molecule has 2 aromatic carbocycles. The molecule has 2 rings (SSSR count). The number of carbonyl (C=O) groups is 1. The van der Waals surface area contributed by atoms with E-state index in [1.54, 1.807) is 0 Å². The second-order valence-electron chi connectivity index (χ2n) is 5.03. The molecule has 0 radical (unpaired) electrons. The first kappa shape index (κ1) is 17.1. The lowest BCUT2D eigenvalue weighted by Gasteiger charge is -2.07. The van der Waals surface area contributed by atoms with Crippen molar-refractivity contribution in [3.8, 4) is 0 Å². The summed E-state index contributed by atoms with van der Waals surface area (Å²) in [6.45, 7) is 0. The summed E-state index contributed by atoms with van der Waals surface area (Å²) < 4.78 is 49.7. The third-order valence-corrected chi connectivity index (χ3v) is 4.65. The van der Waals surface area contributed by atoms with Crippen molar-refractivity contribution in [1.82, 2.24) is 0 Å². The molecule has 0 unspecified atom stereocenters. The fourth-order valence-corrected chi connectivity index (χ4v) is 3.29. The highest BCUT2D eigenvalue weighted by atomic mass is 32.2. The lowest BCUT2D eigenvalue weighted by atomic mass is 10.2. The molecule has 0 bridgehead atoms. The molecule has 0 fully saturated rings. The molecular formula is C16H15F2NO3S. The number of anilines is 1. The van der Waals surface area contributed by atoms with Gasteiger partial charge in [0.15, 0.2) is 9.84 Å². The molecule has 0 saturated carbocycles. The van der Waals surface area contributed by atoms with Crippen LogP contribution in [0.3, 0.4) is 0 Å². The summed E-state index contributed by atoms with van der Waals surface area (Å²) in [6.07, 6.45) is -0.236. The van der Waals surface area contributed by atoms with Gasteiger partial charge in [-0.2, -0.15) is 0 Å². The molecule has 23 heavy (non-hydrogen) atoms. The van der Waals surface area contributed by atoms with Crippen LogP contribution in [0, 0.1) is 11.6 Å². The van der Waals surface area contributed by atoms with Gasteiger partial charge in [0, 0.05) is 12.1 Å². The summed E-state index contributed by atoms with van der Waals surface area (Å²) in [7, 11) is -3.50. The molecule has 0 saturated heterocycles. The number of halogens is 2. The molecule has 1 amide bonds. The molecule has 2 aromatic rings. The van der Waals surface area contributed by atoms with Gasteiger partial charge in [-0.05, 0) is 35.9 Å². The average Bonchev–Trinajstić information content (AvgIpc) is 2.48. The molecule has 122 valence electrons. The smallest absolute Gasteiger partial charge is 0.225 e. The van der Waals surface area contributed by atoms with Gasteiger partial charge in [0.25, 0.3) is 0 Å². The molecule has 0 aromatic heterocycles. The van der Waals surface area contributed by atoms with Crippen molar-refractivity contribution >= 4 is 21.4 Å². The Labute approximate surface area is 133 Å². The maximum absolute atomic E-state index is 13.0. The summed E-state index contributed by atoms with van der Waals surface area (Å²) in [5.41, 5.74) is 0.725. The van der Waals surface area contributed by atoms with E-state index in [9.17, 15) is 22.0 Å². The highest BCUT2D eigenvalue weighted by Crippen LogP contribution is 2.11. The van der Waals surface area contributed by atoms with Crippen LogP contribution in [0.5, 0.6) is 0 Å². The maximum atomic E-state index is 13.0. The predicted molar refractivity (Wildman–Crippen MR) is 83.5 cm³/mol. The highest BCUT2D eigenvalue weighted by molar-refractivity contribution is 7.90. The largest absolute Gasteiger partial charge is 0.326 e. The average molecular weight is 339 g/mol. The first-order valence-electron chi connectivity index (χ1n) is 6.84. The monoisotopic (exact) mass is 339 g/mol. The van der Waals surface area contributed by atoms with Crippen molar-refractivity contribution < 1.29 is 22.0 Å². The normalized spacial score (nSPS) is 11.2. The number of rotatable bonds is 6. The van der Waals surface area contributed by atoms with Crippen molar-refractivity contribution in [2.45, 2.75) is 12.2 Å². The quantitative estimate of drug-likeness (QED) is 0.880. The fraction of sp³-hybridized carbons (Fsp3) is 0.188. The zero-order valence-electron chi connectivity index (χ0n) is 12.1. The SMILES string of the molecule is O=C(CCS(=O)(=O)Cc1ccc(F)cc1)Nc1cccc(F)c1. The molecule has 1 N–H and O–H groups in total. The van der Waals surface area contributed by atoms with Gasteiger partial charge in [0.2, 0.25) is 5.91 Å². The first-order chi connectivity index (χ1) is 10.8. The van der Waals surface area contributed by atoms with E-state index in [0.29, 0.717) is 5.56 Å². The summed E-state index contributed by atoms with van der Waals surface area (Å²) in [5, 5.41) is 2.43. The van der Waals surface area contributed by atoms with E-state index >= 15 is 0 Å². The van der Waals surface area contributed by atoms with Crippen LogP contribution in [0.25, 0.3) is 0 Å². The van der Waals surface area contributed by atoms with Gasteiger partial charge in [0.05, 0.1) is 11.5 Å². The number of amides is 1. The van der Waals surface area contributed by atoms with Crippen LogP contribution in [0.15, 0.2) is 48.5 Å². The van der Waals surface area contributed by atoms with Gasteiger partial charge in [0.1, 0.15) is 11.6 Å². The van der Waals surface area contributed by atoms with Gasteiger partial charge < -0.3 is 5.32 Å². The topological polar surface area (TPSA) is 63.2 Å². The lowest BCUT2D eigenvalue weighted by Crippen LogP contribution is -2.18. The zero-order valence-corrected chi connectivity index (χ0v) is 12.9. The van der Waals surface area contributed by atoms with Crippen LogP contribution in [0.2, 0.25) is 0 Å². The molecule has 0 atom stereocenters. The van der Waals surface area contributed by atoms with E-state index in [1.807, 2.05) is 0 Å². The van der Waals surface area contributed by atoms with Crippen LogP contribution in [0.4, 0.5) is 14.5 Å². The first-order valence-corrected chi connectivity index (χ1v) is 8.66. The van der Waals surface area contributed by atoms with Crippen LogP contribution in [-0.2, 0) is 20.4 Å². The summed E-state index contributed by atoms with van der Waals surface area (Å²) in [4.78, 5) is 11.7. The number of carbonyl (C=O) groups excluding carboxylic acids is 1. The van der Waals surface area contributed by atoms with Crippen LogP contribution < -0.4 is 5.32 Å². The zero-order chi connectivity index (χ0) is 16.9. The van der Waals surface area contributed by atoms with Gasteiger partial charge in [-0.1, -0.05) is 18.2 Å². The molecule has 7 heteroatoms. The van der Waals surface area contributed by atoms with Crippen LogP contribution in [0.1, 0.15) is 12.0 Å². The Morgan fingerprint density at radius 3 is 2.35 bits per heavy atom. The second-order valence-corrected chi connectivity index (χ2v) is 7.21. The Kier molecular flexibility index (Phi) is 5.44. The molecule has 0 aliphatic heterocycles. The predicted octanol–water partition coefficient (Wildman–Crippen LogP) is 2.91. The molecule has 4 nitrogen and oxygen atoms in total. The Balaban J connectivity index is 1.88. The van der Waals surface area contributed by atoms with Gasteiger partial charge >= 0.3 is 0 Å². The van der Waals surface area contributed by atoms with Crippen molar-refractivity contribution in [2.75, 3.05) is 11.1 Å². The highest BCUT2D eigenvalue weighted by Gasteiger charge is 2.15. The van der Waals surface area contributed by atoms with Gasteiger partial charge in [-0.3, -0.25) is 4.79 Å². The Hall–Kier alpha value is -2.28. The number of benzene rings is 2. The molecule has 0 aliphatic rings. The van der Waals surface area contributed by atoms with E-state index in [1.165, 1.54) is 42.5 Å². The van der Waals surface area contributed by atoms with E-state index < -0.39 is 27.4 Å². The van der Waals surface area contributed by atoms with E-state index in [4.69, 9.17) is 0 Å². The van der Waals surface area contributed by atoms with Crippen molar-refractivity contribution in [3.63, 3.8) is 0 Å². The van der Waals surface area contributed by atoms with Gasteiger partial charge in [-0.25, -0.2) is 17.2 Å². The molecule has 0 spiro atoms. The number of hydrogen-bond donors (Lipinski definition) is 1. The van der Waals surface area contributed by atoms with Crippen molar-refractivity contribution in [1.29, 1.82) is 0 Å². The fourth-order valence-electron chi connectivity index (χ4n) is 1.94.